The van der Waals surface area contributed by atoms with Gasteiger partial charge in [-0.15, -0.1) is 0 Å². The van der Waals surface area contributed by atoms with Crippen LogP contribution in [-0.4, -0.2) is 32.1 Å². The first kappa shape index (κ1) is 25.6. The van der Waals surface area contributed by atoms with Gasteiger partial charge >= 0.3 is 5.97 Å². The molecule has 0 saturated heterocycles. The molecule has 0 atom stereocenters. The lowest BCUT2D eigenvalue weighted by Gasteiger charge is -2.28. The van der Waals surface area contributed by atoms with Crippen LogP contribution in [0.5, 0.6) is 0 Å². The van der Waals surface area contributed by atoms with Crippen LogP contribution < -0.4 is 0 Å². The minimum atomic E-state index is -0.310. The largest absolute Gasteiger partial charge is 0.462 e. The van der Waals surface area contributed by atoms with Crippen molar-refractivity contribution in [1.82, 2.24) is 0 Å². The summed E-state index contributed by atoms with van der Waals surface area (Å²) >= 11 is 0. The van der Waals surface area contributed by atoms with Crippen LogP contribution in [0, 0.1) is 11.8 Å². The highest BCUT2D eigenvalue weighted by atomic mass is 16.5. The average molecular weight is 353 g/mol. The normalized spacial score (nSPS) is 19.6. The lowest BCUT2D eigenvalue weighted by molar-refractivity contribution is -0.140. The molecule has 1 rings (SSSR count). The Labute approximate surface area is 154 Å². The van der Waals surface area contributed by atoms with Crippen LogP contribution in [-0.2, 0) is 19.1 Å². The van der Waals surface area contributed by atoms with Gasteiger partial charge in [-0.1, -0.05) is 39.2 Å². The summed E-state index contributed by atoms with van der Waals surface area (Å²) in [4.78, 5) is 19.8. The molecule has 4 heteroatoms. The summed E-state index contributed by atoms with van der Waals surface area (Å²) in [7, 11) is 0. The van der Waals surface area contributed by atoms with Gasteiger partial charge in [0, 0.05) is 6.61 Å². The van der Waals surface area contributed by atoms with Gasteiger partial charge < -0.3 is 14.3 Å². The van der Waals surface area contributed by atoms with E-state index in [1.54, 1.807) is 12.2 Å². The number of ether oxygens (including phenoxy) is 2. The second-order valence-corrected chi connectivity index (χ2v) is 5.93. The van der Waals surface area contributed by atoms with Crippen molar-refractivity contribution in [3.8, 4) is 0 Å². The van der Waals surface area contributed by atoms with Crippen molar-refractivity contribution in [2.45, 2.75) is 59.5 Å². The zero-order chi connectivity index (χ0) is 19.7. The molecule has 0 amide bonds. The molecule has 25 heavy (non-hydrogen) atoms. The topological polar surface area (TPSA) is 52.6 Å². The summed E-state index contributed by atoms with van der Waals surface area (Å²) in [6.45, 7) is 18.7. The number of hydrogen-bond donors (Lipinski definition) is 0. The molecule has 0 spiro atoms. The fraction of sp³-hybridized carbons (Fsp3) is 0.619. The Balaban J connectivity index is 0. The van der Waals surface area contributed by atoms with Gasteiger partial charge in [-0.25, -0.2) is 4.79 Å². The van der Waals surface area contributed by atoms with Crippen molar-refractivity contribution in [3.05, 3.63) is 37.0 Å². The summed E-state index contributed by atoms with van der Waals surface area (Å²) in [5, 5.41) is 0. The second kappa shape index (κ2) is 17.2. The third-order valence-electron chi connectivity index (χ3n) is 3.83. The van der Waals surface area contributed by atoms with Gasteiger partial charge in [-0.2, -0.15) is 0 Å². The smallest absolute Gasteiger partial charge is 0.338 e. The third-order valence-corrected chi connectivity index (χ3v) is 3.83. The lowest BCUT2D eigenvalue weighted by Crippen LogP contribution is -2.24. The van der Waals surface area contributed by atoms with E-state index < -0.39 is 0 Å². The Morgan fingerprint density at radius 1 is 1.04 bits per heavy atom. The molecule has 1 aliphatic carbocycles. The molecule has 1 aliphatic rings. The van der Waals surface area contributed by atoms with Crippen LogP contribution in [0.3, 0.4) is 0 Å². The van der Waals surface area contributed by atoms with Crippen molar-refractivity contribution in [2.75, 3.05) is 13.2 Å². The third kappa shape index (κ3) is 12.3. The predicted molar refractivity (Wildman–Crippen MR) is 104 cm³/mol. The Morgan fingerprint density at radius 2 is 1.52 bits per heavy atom. The minimum absolute atomic E-state index is 0.303. The van der Waals surface area contributed by atoms with Crippen molar-refractivity contribution in [1.29, 1.82) is 0 Å². The molecular formula is C21H36O4. The van der Waals surface area contributed by atoms with Crippen LogP contribution >= 0.6 is 0 Å². The maximum atomic E-state index is 11.8. The summed E-state index contributed by atoms with van der Waals surface area (Å²) < 4.78 is 11.0. The molecule has 0 unspecified atom stereocenters. The second-order valence-electron chi connectivity index (χ2n) is 5.93. The molecule has 0 N–H and O–H groups in total. The van der Waals surface area contributed by atoms with Gasteiger partial charge in [0.15, 0.2) is 0 Å². The van der Waals surface area contributed by atoms with Gasteiger partial charge in [-0.05, 0) is 57.4 Å². The fourth-order valence-corrected chi connectivity index (χ4v) is 2.52. The van der Waals surface area contributed by atoms with Crippen molar-refractivity contribution >= 4 is 12.8 Å². The number of esters is 1. The zero-order valence-corrected chi connectivity index (χ0v) is 16.5. The minimum Gasteiger partial charge on any atom is -0.462 e. The van der Waals surface area contributed by atoms with Crippen molar-refractivity contribution in [3.63, 3.8) is 0 Å². The van der Waals surface area contributed by atoms with Gasteiger partial charge in [0.05, 0.1) is 18.3 Å². The molecule has 0 aromatic carbocycles. The molecule has 4 nitrogen and oxygen atoms in total. The zero-order valence-electron chi connectivity index (χ0n) is 16.5. The first-order valence-corrected chi connectivity index (χ1v) is 9.09. The Morgan fingerprint density at radius 3 is 1.92 bits per heavy atom. The Bertz CT molecular complexity index is 391. The Hall–Kier alpha value is -1.68. The number of rotatable bonds is 8. The summed E-state index contributed by atoms with van der Waals surface area (Å²) in [6.07, 6.45) is 9.52. The molecule has 0 radical (unpaired) electrons. The quantitative estimate of drug-likeness (QED) is 0.354. The SMILES string of the molecule is C=C/C=C(\C=C)C(=O)OCC1CCC(COC(C)C)CC1.C=O.CC. The van der Waals surface area contributed by atoms with E-state index in [0.717, 1.165) is 32.3 Å². The van der Waals surface area contributed by atoms with Gasteiger partial charge in [0.25, 0.3) is 0 Å². The molecular weight excluding hydrogens is 316 g/mol. The summed E-state index contributed by atoms with van der Waals surface area (Å²) in [6, 6.07) is 0. The van der Waals surface area contributed by atoms with Crippen LogP contribution in [0.25, 0.3) is 0 Å². The number of carbonyl (C=O) groups is 2. The maximum absolute atomic E-state index is 11.8. The highest BCUT2D eigenvalue weighted by molar-refractivity contribution is 5.91. The predicted octanol–water partition coefficient (Wildman–Crippen LogP) is 4.90. The van der Waals surface area contributed by atoms with E-state index >= 15 is 0 Å². The summed E-state index contributed by atoms with van der Waals surface area (Å²) in [5.74, 6) is 0.818. The van der Waals surface area contributed by atoms with Gasteiger partial charge in [0.2, 0.25) is 0 Å². The number of hydrogen-bond acceptors (Lipinski definition) is 4. The van der Waals surface area contributed by atoms with E-state index in [4.69, 9.17) is 14.3 Å². The van der Waals surface area contributed by atoms with E-state index in [2.05, 4.69) is 27.0 Å². The van der Waals surface area contributed by atoms with Gasteiger partial charge in [-0.3, -0.25) is 0 Å². The Kier molecular flexibility index (Phi) is 17.5. The number of allylic oxidation sites excluding steroid dienone is 2. The van der Waals surface area contributed by atoms with Crippen molar-refractivity contribution in [2.24, 2.45) is 11.8 Å². The van der Waals surface area contributed by atoms with E-state index in [0.29, 0.717) is 30.1 Å². The van der Waals surface area contributed by atoms with Crippen LogP contribution in [0.15, 0.2) is 37.0 Å². The van der Waals surface area contributed by atoms with Crippen LogP contribution in [0.2, 0.25) is 0 Å². The fourth-order valence-electron chi connectivity index (χ4n) is 2.52. The van der Waals surface area contributed by atoms with E-state index in [1.165, 1.54) is 6.08 Å². The standard InChI is InChI=1S/C18H28O3.C2H6.CH2O/c1-5-7-17(6-2)18(19)21-13-16-10-8-15(9-11-16)12-20-14(3)4;2*1-2/h5-7,14-16H,1-2,8-13H2,3-4H3;1-2H3;1H2/b17-7+;;. The lowest BCUT2D eigenvalue weighted by atomic mass is 9.83. The molecule has 0 heterocycles. The molecule has 0 aliphatic heterocycles. The van der Waals surface area contributed by atoms with Crippen LogP contribution in [0.4, 0.5) is 0 Å². The highest BCUT2D eigenvalue weighted by Crippen LogP contribution is 2.29. The van der Waals surface area contributed by atoms with E-state index in [1.807, 2.05) is 20.6 Å². The van der Waals surface area contributed by atoms with Gasteiger partial charge in [0.1, 0.15) is 6.79 Å². The molecule has 0 aromatic rings. The average Bonchev–Trinajstić information content (AvgIpc) is 2.66. The van der Waals surface area contributed by atoms with Crippen LogP contribution in [0.1, 0.15) is 53.4 Å². The molecule has 1 saturated carbocycles. The van der Waals surface area contributed by atoms with Crippen molar-refractivity contribution < 1.29 is 19.1 Å². The highest BCUT2D eigenvalue weighted by Gasteiger charge is 2.23. The first-order valence-electron chi connectivity index (χ1n) is 9.09. The summed E-state index contributed by atoms with van der Waals surface area (Å²) in [5.41, 5.74) is 0.462. The molecule has 0 aromatic heterocycles. The van der Waals surface area contributed by atoms with E-state index in [9.17, 15) is 4.79 Å². The molecule has 144 valence electrons. The number of carbonyl (C=O) groups excluding carboxylic acids is 2. The maximum Gasteiger partial charge on any atom is 0.338 e. The monoisotopic (exact) mass is 352 g/mol. The first-order chi connectivity index (χ1) is 12.1. The molecule has 0 bridgehead atoms. The molecule has 1 fully saturated rings. The van der Waals surface area contributed by atoms with E-state index in [-0.39, 0.29) is 5.97 Å².